The summed E-state index contributed by atoms with van der Waals surface area (Å²) in [6, 6.07) is 0.471. The highest BCUT2D eigenvalue weighted by atomic mass is 16.4. The molecule has 0 saturated carbocycles. The molecule has 0 aliphatic rings. The van der Waals surface area contributed by atoms with E-state index >= 15 is 0 Å². The summed E-state index contributed by atoms with van der Waals surface area (Å²) in [7, 11) is 0. The van der Waals surface area contributed by atoms with Crippen molar-refractivity contribution in [2.45, 2.75) is 19.8 Å². The van der Waals surface area contributed by atoms with E-state index in [1.807, 2.05) is 0 Å². The van der Waals surface area contributed by atoms with Crippen molar-refractivity contribution >= 4 is 12.1 Å². The van der Waals surface area contributed by atoms with Gasteiger partial charge in [0.05, 0.1) is 0 Å². The van der Waals surface area contributed by atoms with Crippen LogP contribution in [0, 0.1) is 0 Å². The number of nitrogens with zero attached hydrogens (tertiary/aromatic N) is 2. The average Bonchev–Trinajstić information content (AvgIpc) is 2.53. The van der Waals surface area contributed by atoms with Gasteiger partial charge < -0.3 is 9.73 Å². The van der Waals surface area contributed by atoms with Crippen LogP contribution < -0.4 is 5.32 Å². The molecule has 4 nitrogen and oxygen atoms in total. The normalized spacial score (nSPS) is 9.75. The van der Waals surface area contributed by atoms with Gasteiger partial charge in [-0.1, -0.05) is 25.0 Å². The van der Waals surface area contributed by atoms with E-state index in [9.17, 15) is 0 Å². The van der Waals surface area contributed by atoms with Crippen molar-refractivity contribution in [3.63, 3.8) is 0 Å². The van der Waals surface area contributed by atoms with Crippen LogP contribution in [0.2, 0.25) is 0 Å². The number of nitrogens with one attached hydrogen (secondary N) is 1. The lowest BCUT2D eigenvalue weighted by Crippen LogP contribution is -2.00. The minimum Gasteiger partial charge on any atom is -0.404 e. The Morgan fingerprint density at radius 3 is 3.00 bits per heavy atom. The van der Waals surface area contributed by atoms with Crippen LogP contribution in [0.1, 0.15) is 25.7 Å². The van der Waals surface area contributed by atoms with Gasteiger partial charge in [0, 0.05) is 6.54 Å². The Hall–Kier alpha value is -1.32. The van der Waals surface area contributed by atoms with Crippen LogP contribution in [-0.4, -0.2) is 16.7 Å². The van der Waals surface area contributed by atoms with Crippen molar-refractivity contribution in [1.29, 1.82) is 0 Å². The molecule has 0 saturated heterocycles. The van der Waals surface area contributed by atoms with E-state index < -0.39 is 0 Å². The first-order chi connectivity index (χ1) is 5.86. The third-order valence-electron chi connectivity index (χ3n) is 1.42. The summed E-state index contributed by atoms with van der Waals surface area (Å²) in [5, 5.41) is 10.5. The Labute approximate surface area is 71.7 Å². The Balaban J connectivity index is 2.36. The number of hydrogen-bond acceptors (Lipinski definition) is 4. The van der Waals surface area contributed by atoms with Crippen molar-refractivity contribution < 1.29 is 4.42 Å². The molecule has 66 valence electrons. The summed E-state index contributed by atoms with van der Waals surface area (Å²) in [5.74, 6) is 0.453. The molecule has 0 amide bonds. The lowest BCUT2D eigenvalue weighted by Gasteiger charge is -1.96. The molecule has 0 fully saturated rings. The smallest absolute Gasteiger partial charge is 0.315 e. The highest BCUT2D eigenvalue weighted by Gasteiger charge is 1.99. The van der Waals surface area contributed by atoms with Gasteiger partial charge in [0.25, 0.3) is 0 Å². The second-order valence-electron chi connectivity index (χ2n) is 2.43. The third kappa shape index (κ3) is 2.38. The Morgan fingerprint density at radius 2 is 2.42 bits per heavy atom. The van der Waals surface area contributed by atoms with Gasteiger partial charge in [-0.15, -0.1) is 5.10 Å². The predicted octanol–water partition coefficient (Wildman–Crippen LogP) is 1.92. The van der Waals surface area contributed by atoms with Crippen LogP contribution in [0.4, 0.5) is 6.01 Å². The monoisotopic (exact) mass is 167 g/mol. The Morgan fingerprint density at radius 1 is 1.58 bits per heavy atom. The molecule has 0 radical (unpaired) electrons. The summed E-state index contributed by atoms with van der Waals surface area (Å²) >= 11 is 0. The SMILES string of the molecule is C=Cc1nnc(NCCCC)o1. The van der Waals surface area contributed by atoms with Crippen molar-refractivity contribution in [3.05, 3.63) is 12.5 Å². The summed E-state index contributed by atoms with van der Waals surface area (Å²) in [4.78, 5) is 0. The highest BCUT2D eigenvalue weighted by Crippen LogP contribution is 2.05. The summed E-state index contributed by atoms with van der Waals surface area (Å²) in [6.07, 6.45) is 3.78. The fraction of sp³-hybridized carbons (Fsp3) is 0.500. The number of rotatable bonds is 5. The summed E-state index contributed by atoms with van der Waals surface area (Å²) in [6.45, 7) is 6.52. The Kier molecular flexibility index (Phi) is 3.32. The van der Waals surface area contributed by atoms with Gasteiger partial charge in [0.15, 0.2) is 0 Å². The zero-order valence-corrected chi connectivity index (χ0v) is 7.21. The topological polar surface area (TPSA) is 51.0 Å². The standard InChI is InChI=1S/C8H13N3O/c1-3-5-6-9-8-11-10-7(4-2)12-8/h4H,2-3,5-6H2,1H3,(H,9,11). The van der Waals surface area contributed by atoms with E-state index in [-0.39, 0.29) is 0 Å². The van der Waals surface area contributed by atoms with Crippen molar-refractivity contribution in [3.8, 4) is 0 Å². The molecule has 1 rings (SSSR count). The first-order valence-electron chi connectivity index (χ1n) is 4.06. The Bertz CT molecular complexity index is 244. The van der Waals surface area contributed by atoms with E-state index in [0.717, 1.165) is 19.4 Å². The lowest BCUT2D eigenvalue weighted by molar-refractivity contribution is 0.553. The quantitative estimate of drug-likeness (QED) is 0.681. The van der Waals surface area contributed by atoms with Crippen LogP contribution in [-0.2, 0) is 0 Å². The average molecular weight is 167 g/mol. The number of aromatic nitrogens is 2. The molecule has 0 unspecified atom stereocenters. The van der Waals surface area contributed by atoms with E-state index in [1.165, 1.54) is 6.08 Å². The fourth-order valence-electron chi connectivity index (χ4n) is 0.761. The van der Waals surface area contributed by atoms with E-state index in [2.05, 4.69) is 29.0 Å². The number of unbranched alkanes of at least 4 members (excludes halogenated alkanes) is 1. The fourth-order valence-corrected chi connectivity index (χ4v) is 0.761. The van der Waals surface area contributed by atoms with Crippen LogP contribution in [0.25, 0.3) is 6.08 Å². The maximum absolute atomic E-state index is 5.13. The van der Waals surface area contributed by atoms with E-state index in [0.29, 0.717) is 11.9 Å². The molecule has 1 aromatic rings. The molecule has 0 aromatic carbocycles. The molecule has 1 N–H and O–H groups in total. The van der Waals surface area contributed by atoms with Crippen LogP contribution in [0.15, 0.2) is 11.0 Å². The largest absolute Gasteiger partial charge is 0.404 e. The van der Waals surface area contributed by atoms with Gasteiger partial charge in [0.1, 0.15) is 0 Å². The first kappa shape index (κ1) is 8.77. The molecule has 0 atom stereocenters. The van der Waals surface area contributed by atoms with Crippen molar-refractivity contribution in [2.24, 2.45) is 0 Å². The number of hydrogen-bond donors (Lipinski definition) is 1. The molecule has 1 aromatic heterocycles. The molecule has 1 heterocycles. The maximum Gasteiger partial charge on any atom is 0.315 e. The second kappa shape index (κ2) is 4.54. The third-order valence-corrected chi connectivity index (χ3v) is 1.42. The summed E-state index contributed by atoms with van der Waals surface area (Å²) < 4.78 is 5.13. The molecule has 0 aliphatic carbocycles. The zero-order chi connectivity index (χ0) is 8.81. The van der Waals surface area contributed by atoms with Gasteiger partial charge in [0.2, 0.25) is 5.89 Å². The molecular weight excluding hydrogens is 154 g/mol. The van der Waals surface area contributed by atoms with Crippen LogP contribution in [0.3, 0.4) is 0 Å². The minimum atomic E-state index is 0.453. The van der Waals surface area contributed by atoms with Gasteiger partial charge >= 0.3 is 6.01 Å². The first-order valence-corrected chi connectivity index (χ1v) is 4.06. The minimum absolute atomic E-state index is 0.453. The second-order valence-corrected chi connectivity index (χ2v) is 2.43. The molecule has 0 spiro atoms. The van der Waals surface area contributed by atoms with Gasteiger partial charge in [-0.05, 0) is 12.5 Å². The summed E-state index contributed by atoms with van der Waals surface area (Å²) in [5.41, 5.74) is 0. The van der Waals surface area contributed by atoms with Crippen LogP contribution in [0.5, 0.6) is 0 Å². The van der Waals surface area contributed by atoms with Gasteiger partial charge in [-0.3, -0.25) is 0 Å². The van der Waals surface area contributed by atoms with Gasteiger partial charge in [-0.2, -0.15) is 0 Å². The van der Waals surface area contributed by atoms with E-state index in [1.54, 1.807) is 0 Å². The highest BCUT2D eigenvalue weighted by molar-refractivity contribution is 5.34. The molecule has 4 heteroatoms. The molecular formula is C8H13N3O. The van der Waals surface area contributed by atoms with Crippen molar-refractivity contribution in [2.75, 3.05) is 11.9 Å². The van der Waals surface area contributed by atoms with E-state index in [4.69, 9.17) is 4.42 Å². The molecule has 12 heavy (non-hydrogen) atoms. The maximum atomic E-state index is 5.13. The van der Waals surface area contributed by atoms with Crippen molar-refractivity contribution in [1.82, 2.24) is 10.2 Å². The zero-order valence-electron chi connectivity index (χ0n) is 7.21. The molecule has 0 aliphatic heterocycles. The predicted molar refractivity (Wildman–Crippen MR) is 47.8 cm³/mol. The number of anilines is 1. The molecule has 0 bridgehead atoms. The lowest BCUT2D eigenvalue weighted by atomic mass is 10.3. The van der Waals surface area contributed by atoms with Crippen LogP contribution >= 0.6 is 0 Å². The van der Waals surface area contributed by atoms with Gasteiger partial charge in [-0.25, -0.2) is 0 Å².